The number of methoxy groups -OCH3 is 1. The van der Waals surface area contributed by atoms with E-state index in [0.29, 0.717) is 27.8 Å². The molecule has 11 heteroatoms. The van der Waals surface area contributed by atoms with E-state index in [1.807, 2.05) is 0 Å². The number of carbonyl (C=O) groups is 2. The third-order valence-electron chi connectivity index (χ3n) is 4.71. The first-order valence-electron chi connectivity index (χ1n) is 10.0. The van der Waals surface area contributed by atoms with Gasteiger partial charge in [-0.05, 0) is 54.6 Å². The zero-order valence-electron chi connectivity index (χ0n) is 18.2. The van der Waals surface area contributed by atoms with Crippen LogP contribution in [0.4, 0.5) is 16.5 Å². The van der Waals surface area contributed by atoms with Crippen LogP contribution in [0.5, 0.6) is 5.75 Å². The van der Waals surface area contributed by atoms with Gasteiger partial charge in [-0.2, -0.15) is 0 Å². The summed E-state index contributed by atoms with van der Waals surface area (Å²) in [5.74, 6) is -0.217. The fourth-order valence-electron chi connectivity index (χ4n) is 3.15. The summed E-state index contributed by atoms with van der Waals surface area (Å²) in [6.07, 6.45) is 0. The summed E-state index contributed by atoms with van der Waals surface area (Å²) in [4.78, 5) is 28.3. The fraction of sp³-hybridized carbons (Fsp3) is 0.0870. The Labute approximate surface area is 199 Å². The van der Waals surface area contributed by atoms with Crippen LogP contribution in [-0.2, 0) is 14.8 Å². The highest BCUT2D eigenvalue weighted by molar-refractivity contribution is 7.92. The van der Waals surface area contributed by atoms with Crippen molar-refractivity contribution in [2.75, 3.05) is 22.5 Å². The molecule has 0 atom stereocenters. The Morgan fingerprint density at radius 3 is 2.41 bits per heavy atom. The number of aromatic nitrogens is 1. The number of fused-ring (bicyclic) bond motifs is 1. The fourth-order valence-corrected chi connectivity index (χ4v) is 5.12. The molecule has 4 rings (SSSR count). The van der Waals surface area contributed by atoms with Crippen molar-refractivity contribution in [3.8, 4) is 5.75 Å². The van der Waals surface area contributed by atoms with Crippen molar-refractivity contribution in [2.24, 2.45) is 0 Å². The first kappa shape index (κ1) is 23.2. The number of carbonyl (C=O) groups excluding carboxylic acids is 2. The Morgan fingerprint density at radius 2 is 1.71 bits per heavy atom. The number of sulfonamides is 1. The van der Waals surface area contributed by atoms with E-state index in [4.69, 9.17) is 4.74 Å². The van der Waals surface area contributed by atoms with E-state index in [-0.39, 0.29) is 16.4 Å². The molecular weight excluding hydrogens is 476 g/mol. The Hall–Kier alpha value is -3.96. The summed E-state index contributed by atoms with van der Waals surface area (Å²) in [7, 11) is -2.43. The minimum Gasteiger partial charge on any atom is -0.495 e. The third kappa shape index (κ3) is 5.16. The highest BCUT2D eigenvalue weighted by atomic mass is 32.2. The quantitative estimate of drug-likeness (QED) is 0.350. The average molecular weight is 497 g/mol. The largest absolute Gasteiger partial charge is 0.495 e. The van der Waals surface area contributed by atoms with Gasteiger partial charge in [0.05, 0.1) is 27.9 Å². The monoisotopic (exact) mass is 496 g/mol. The number of thiazole rings is 1. The van der Waals surface area contributed by atoms with Crippen molar-refractivity contribution in [1.29, 1.82) is 0 Å². The van der Waals surface area contributed by atoms with Crippen molar-refractivity contribution in [3.05, 3.63) is 72.3 Å². The predicted molar refractivity (Wildman–Crippen MR) is 132 cm³/mol. The molecule has 3 N–H and O–H groups in total. The van der Waals surface area contributed by atoms with Crippen molar-refractivity contribution in [2.45, 2.75) is 11.8 Å². The number of hydrogen-bond acceptors (Lipinski definition) is 7. The predicted octanol–water partition coefficient (Wildman–Crippen LogP) is 4.32. The summed E-state index contributed by atoms with van der Waals surface area (Å²) in [5.41, 5.74) is 1.90. The van der Waals surface area contributed by atoms with Gasteiger partial charge >= 0.3 is 0 Å². The number of para-hydroxylation sites is 2. The molecule has 0 radical (unpaired) electrons. The standard InChI is InChI=1S/C23H20N4O5S2/c1-14(28)24-16-9-12-19-21(13-16)33-23(25-19)26-22(29)15-7-10-17(11-8-15)34(30,31)27-18-5-3-4-6-20(18)32-2/h3-13,27H,1-2H3,(H,24,28)(H,25,26,29). The van der Waals surface area contributed by atoms with Crippen molar-refractivity contribution in [1.82, 2.24) is 4.98 Å². The van der Waals surface area contributed by atoms with Crippen LogP contribution in [0.15, 0.2) is 71.6 Å². The second-order valence-electron chi connectivity index (χ2n) is 7.17. The smallest absolute Gasteiger partial charge is 0.262 e. The van der Waals surface area contributed by atoms with Crippen LogP contribution in [0.25, 0.3) is 10.2 Å². The topological polar surface area (TPSA) is 126 Å². The zero-order valence-corrected chi connectivity index (χ0v) is 19.8. The van der Waals surface area contributed by atoms with Gasteiger partial charge in [0.1, 0.15) is 5.75 Å². The molecule has 0 bridgehead atoms. The summed E-state index contributed by atoms with van der Waals surface area (Å²) in [6, 6.07) is 17.5. The van der Waals surface area contributed by atoms with Gasteiger partial charge in [0.15, 0.2) is 5.13 Å². The van der Waals surface area contributed by atoms with Gasteiger partial charge in [-0.1, -0.05) is 23.5 Å². The number of ether oxygens (including phenoxy) is 1. The van der Waals surface area contributed by atoms with Gasteiger partial charge in [-0.3, -0.25) is 19.6 Å². The molecule has 0 saturated carbocycles. The van der Waals surface area contributed by atoms with Crippen molar-refractivity contribution >= 4 is 59.9 Å². The highest BCUT2D eigenvalue weighted by Gasteiger charge is 2.18. The number of amides is 2. The number of nitrogens with zero attached hydrogens (tertiary/aromatic N) is 1. The first-order valence-corrected chi connectivity index (χ1v) is 12.3. The number of anilines is 3. The van der Waals surface area contributed by atoms with E-state index >= 15 is 0 Å². The molecule has 4 aromatic rings. The third-order valence-corrected chi connectivity index (χ3v) is 7.02. The lowest BCUT2D eigenvalue weighted by atomic mass is 10.2. The van der Waals surface area contributed by atoms with Gasteiger partial charge in [0.2, 0.25) is 5.91 Å². The van der Waals surface area contributed by atoms with Gasteiger partial charge in [0, 0.05) is 18.2 Å². The lowest BCUT2D eigenvalue weighted by Gasteiger charge is -2.12. The van der Waals surface area contributed by atoms with Crippen LogP contribution in [0.2, 0.25) is 0 Å². The summed E-state index contributed by atoms with van der Waals surface area (Å²) in [5, 5.41) is 5.81. The van der Waals surface area contributed by atoms with Crippen LogP contribution in [0.3, 0.4) is 0 Å². The van der Waals surface area contributed by atoms with E-state index in [1.54, 1.807) is 42.5 Å². The zero-order chi connectivity index (χ0) is 24.3. The summed E-state index contributed by atoms with van der Waals surface area (Å²) >= 11 is 1.26. The summed E-state index contributed by atoms with van der Waals surface area (Å²) in [6.45, 7) is 1.42. The number of benzene rings is 3. The van der Waals surface area contributed by atoms with Gasteiger partial charge in [0.25, 0.3) is 15.9 Å². The molecule has 9 nitrogen and oxygen atoms in total. The lowest BCUT2D eigenvalue weighted by molar-refractivity contribution is -0.114. The maximum atomic E-state index is 12.7. The minimum atomic E-state index is -3.88. The molecule has 2 amide bonds. The molecule has 0 spiro atoms. The van der Waals surface area contributed by atoms with Crippen LogP contribution < -0.4 is 20.1 Å². The molecule has 0 unspecified atom stereocenters. The van der Waals surface area contributed by atoms with Crippen LogP contribution in [-0.4, -0.2) is 32.3 Å². The highest BCUT2D eigenvalue weighted by Crippen LogP contribution is 2.29. The number of rotatable bonds is 7. The Kier molecular flexibility index (Phi) is 6.48. The van der Waals surface area contributed by atoms with Crippen LogP contribution >= 0.6 is 11.3 Å². The molecule has 1 heterocycles. The van der Waals surface area contributed by atoms with E-state index in [2.05, 4.69) is 20.3 Å². The molecule has 1 aromatic heterocycles. The molecular formula is C23H20N4O5S2. The Balaban J connectivity index is 1.48. The van der Waals surface area contributed by atoms with Crippen LogP contribution in [0, 0.1) is 0 Å². The number of hydrogen-bond donors (Lipinski definition) is 3. The Morgan fingerprint density at radius 1 is 0.971 bits per heavy atom. The van der Waals surface area contributed by atoms with Crippen molar-refractivity contribution in [3.63, 3.8) is 0 Å². The second kappa shape index (κ2) is 9.49. The first-order chi connectivity index (χ1) is 16.2. The summed E-state index contributed by atoms with van der Waals surface area (Å²) < 4.78 is 33.9. The molecule has 0 aliphatic heterocycles. The molecule has 3 aromatic carbocycles. The molecule has 174 valence electrons. The number of nitrogens with one attached hydrogen (secondary N) is 3. The normalized spacial score (nSPS) is 11.1. The van der Waals surface area contributed by atoms with Crippen LogP contribution in [0.1, 0.15) is 17.3 Å². The molecule has 0 aliphatic carbocycles. The molecule has 0 aliphatic rings. The van der Waals surface area contributed by atoms with E-state index in [1.165, 1.54) is 49.6 Å². The molecule has 0 fully saturated rings. The lowest BCUT2D eigenvalue weighted by Crippen LogP contribution is -2.15. The maximum absolute atomic E-state index is 12.7. The van der Waals surface area contributed by atoms with E-state index in [9.17, 15) is 18.0 Å². The molecule has 0 saturated heterocycles. The minimum absolute atomic E-state index is 0.000411. The average Bonchev–Trinajstić information content (AvgIpc) is 3.20. The van der Waals surface area contributed by atoms with Gasteiger partial charge in [-0.25, -0.2) is 13.4 Å². The van der Waals surface area contributed by atoms with E-state index in [0.717, 1.165) is 4.70 Å². The van der Waals surface area contributed by atoms with Gasteiger partial charge in [-0.15, -0.1) is 0 Å². The van der Waals surface area contributed by atoms with E-state index < -0.39 is 15.9 Å². The second-order valence-corrected chi connectivity index (χ2v) is 9.88. The molecule has 34 heavy (non-hydrogen) atoms. The van der Waals surface area contributed by atoms with Gasteiger partial charge < -0.3 is 10.1 Å². The maximum Gasteiger partial charge on any atom is 0.262 e. The SMILES string of the molecule is COc1ccccc1NS(=O)(=O)c1ccc(C(=O)Nc2nc3ccc(NC(C)=O)cc3s2)cc1. The Bertz CT molecular complexity index is 1480. The van der Waals surface area contributed by atoms with Crippen molar-refractivity contribution < 1.29 is 22.7 Å².